The van der Waals surface area contributed by atoms with Crippen molar-refractivity contribution in [1.82, 2.24) is 20.0 Å². The standard InChI is InChI=1S/C10H13N5O/c1-3-15-9(4-7(2)14-15)10(16)13-8-5-11-12-6-8/h4-6H,3H2,1-2H3,(H,11,12)(H,13,16). The highest BCUT2D eigenvalue weighted by molar-refractivity contribution is 6.02. The Balaban J connectivity index is 2.20. The molecule has 2 heterocycles. The van der Waals surface area contributed by atoms with Gasteiger partial charge in [0.1, 0.15) is 5.69 Å². The highest BCUT2D eigenvalue weighted by Crippen LogP contribution is 2.08. The van der Waals surface area contributed by atoms with E-state index >= 15 is 0 Å². The summed E-state index contributed by atoms with van der Waals surface area (Å²) in [5, 5.41) is 13.3. The van der Waals surface area contributed by atoms with Gasteiger partial charge < -0.3 is 5.32 Å². The van der Waals surface area contributed by atoms with Gasteiger partial charge in [-0.1, -0.05) is 0 Å². The first-order chi connectivity index (χ1) is 7.70. The van der Waals surface area contributed by atoms with Crippen molar-refractivity contribution in [2.24, 2.45) is 0 Å². The fourth-order valence-corrected chi connectivity index (χ4v) is 1.48. The van der Waals surface area contributed by atoms with E-state index in [-0.39, 0.29) is 5.91 Å². The smallest absolute Gasteiger partial charge is 0.274 e. The molecule has 16 heavy (non-hydrogen) atoms. The lowest BCUT2D eigenvalue weighted by Gasteiger charge is -2.03. The fourth-order valence-electron chi connectivity index (χ4n) is 1.48. The number of carbonyl (C=O) groups excluding carboxylic acids is 1. The molecule has 0 fully saturated rings. The predicted molar refractivity (Wildman–Crippen MR) is 59.2 cm³/mol. The minimum Gasteiger partial charge on any atom is -0.318 e. The van der Waals surface area contributed by atoms with Gasteiger partial charge in [-0.25, -0.2) is 0 Å². The van der Waals surface area contributed by atoms with E-state index in [1.54, 1.807) is 23.1 Å². The summed E-state index contributed by atoms with van der Waals surface area (Å²) in [4.78, 5) is 11.9. The van der Waals surface area contributed by atoms with Crippen molar-refractivity contribution in [3.8, 4) is 0 Å². The van der Waals surface area contributed by atoms with Crippen LogP contribution in [-0.2, 0) is 6.54 Å². The maximum absolute atomic E-state index is 11.9. The molecule has 6 heteroatoms. The molecule has 2 aromatic heterocycles. The molecule has 0 aliphatic carbocycles. The third-order valence-electron chi connectivity index (χ3n) is 2.19. The Hall–Kier alpha value is -2.11. The highest BCUT2D eigenvalue weighted by atomic mass is 16.2. The number of amides is 1. The third-order valence-corrected chi connectivity index (χ3v) is 2.19. The second-order valence-corrected chi connectivity index (χ2v) is 3.43. The number of anilines is 1. The fraction of sp³-hybridized carbons (Fsp3) is 0.300. The number of hydrogen-bond acceptors (Lipinski definition) is 3. The number of nitrogens with one attached hydrogen (secondary N) is 2. The zero-order valence-corrected chi connectivity index (χ0v) is 9.19. The average Bonchev–Trinajstić information content (AvgIpc) is 2.86. The largest absolute Gasteiger partial charge is 0.318 e. The maximum atomic E-state index is 11.9. The first kappa shape index (κ1) is 10.4. The molecule has 0 unspecified atom stereocenters. The number of aromatic nitrogens is 4. The van der Waals surface area contributed by atoms with Crippen LogP contribution < -0.4 is 5.32 Å². The molecule has 0 saturated carbocycles. The van der Waals surface area contributed by atoms with E-state index in [0.29, 0.717) is 17.9 Å². The molecule has 0 saturated heterocycles. The van der Waals surface area contributed by atoms with Crippen LogP contribution in [0.3, 0.4) is 0 Å². The topological polar surface area (TPSA) is 75.6 Å². The zero-order chi connectivity index (χ0) is 11.5. The Bertz CT molecular complexity index is 485. The van der Waals surface area contributed by atoms with Crippen LogP contribution in [-0.4, -0.2) is 25.9 Å². The lowest BCUT2D eigenvalue weighted by atomic mass is 10.3. The van der Waals surface area contributed by atoms with Crippen LogP contribution in [0.2, 0.25) is 0 Å². The van der Waals surface area contributed by atoms with Gasteiger partial charge in [0.25, 0.3) is 5.91 Å². The van der Waals surface area contributed by atoms with E-state index in [2.05, 4.69) is 20.6 Å². The van der Waals surface area contributed by atoms with Crippen LogP contribution in [0.5, 0.6) is 0 Å². The molecular formula is C10H13N5O. The molecule has 2 aromatic rings. The number of carbonyl (C=O) groups is 1. The summed E-state index contributed by atoms with van der Waals surface area (Å²) < 4.78 is 1.67. The van der Waals surface area contributed by atoms with Crippen LogP contribution in [0.15, 0.2) is 18.5 Å². The molecule has 84 valence electrons. The Kier molecular flexibility index (Phi) is 2.72. The summed E-state index contributed by atoms with van der Waals surface area (Å²) in [6, 6.07) is 1.76. The third kappa shape index (κ3) is 1.95. The molecular weight excluding hydrogens is 206 g/mol. The van der Waals surface area contributed by atoms with E-state index in [9.17, 15) is 4.79 Å². The molecule has 1 amide bonds. The molecule has 0 spiro atoms. The van der Waals surface area contributed by atoms with Crippen LogP contribution in [0.1, 0.15) is 23.1 Å². The summed E-state index contributed by atoms with van der Waals surface area (Å²) in [6.07, 6.45) is 3.18. The lowest BCUT2D eigenvalue weighted by molar-refractivity contribution is 0.101. The summed E-state index contributed by atoms with van der Waals surface area (Å²) in [7, 11) is 0. The maximum Gasteiger partial charge on any atom is 0.274 e. The molecule has 0 aliphatic heterocycles. The Labute approximate surface area is 92.7 Å². The quantitative estimate of drug-likeness (QED) is 0.814. The number of aromatic amines is 1. The van der Waals surface area contributed by atoms with Crippen molar-refractivity contribution in [3.63, 3.8) is 0 Å². The van der Waals surface area contributed by atoms with Gasteiger partial charge >= 0.3 is 0 Å². The number of aryl methyl sites for hydroxylation is 2. The van der Waals surface area contributed by atoms with Crippen molar-refractivity contribution < 1.29 is 4.79 Å². The van der Waals surface area contributed by atoms with Crippen molar-refractivity contribution in [2.45, 2.75) is 20.4 Å². The van der Waals surface area contributed by atoms with Gasteiger partial charge in [0, 0.05) is 12.7 Å². The molecule has 0 bridgehead atoms. The van der Waals surface area contributed by atoms with Gasteiger partial charge in [-0.3, -0.25) is 14.6 Å². The van der Waals surface area contributed by atoms with Gasteiger partial charge in [-0.05, 0) is 19.9 Å². The van der Waals surface area contributed by atoms with Gasteiger partial charge in [0.15, 0.2) is 0 Å². The molecule has 6 nitrogen and oxygen atoms in total. The van der Waals surface area contributed by atoms with E-state index in [0.717, 1.165) is 5.69 Å². The molecule has 0 radical (unpaired) electrons. The molecule has 0 atom stereocenters. The zero-order valence-electron chi connectivity index (χ0n) is 9.19. The van der Waals surface area contributed by atoms with Crippen LogP contribution >= 0.6 is 0 Å². The minimum atomic E-state index is -0.177. The normalized spacial score (nSPS) is 10.4. The first-order valence-corrected chi connectivity index (χ1v) is 5.05. The monoisotopic (exact) mass is 219 g/mol. The number of nitrogens with zero attached hydrogens (tertiary/aromatic N) is 3. The molecule has 2 rings (SSSR count). The minimum absolute atomic E-state index is 0.177. The Morgan fingerprint density at radius 3 is 3.06 bits per heavy atom. The molecule has 2 N–H and O–H groups in total. The summed E-state index contributed by atoms with van der Waals surface area (Å²) >= 11 is 0. The number of H-pyrrole nitrogens is 1. The predicted octanol–water partition coefficient (Wildman–Crippen LogP) is 1.19. The average molecular weight is 219 g/mol. The van der Waals surface area contributed by atoms with E-state index < -0.39 is 0 Å². The molecule has 0 aliphatic rings. The number of hydrogen-bond donors (Lipinski definition) is 2. The summed E-state index contributed by atoms with van der Waals surface area (Å²) in [5.74, 6) is -0.177. The van der Waals surface area contributed by atoms with Gasteiger partial charge in [0.2, 0.25) is 0 Å². The Morgan fingerprint density at radius 2 is 2.44 bits per heavy atom. The SMILES string of the molecule is CCn1nc(C)cc1C(=O)Nc1cn[nH]c1. The Morgan fingerprint density at radius 1 is 1.62 bits per heavy atom. The second-order valence-electron chi connectivity index (χ2n) is 3.43. The highest BCUT2D eigenvalue weighted by Gasteiger charge is 2.13. The van der Waals surface area contributed by atoms with Gasteiger partial charge in [-0.15, -0.1) is 0 Å². The van der Waals surface area contributed by atoms with E-state index in [4.69, 9.17) is 0 Å². The van der Waals surface area contributed by atoms with Crippen molar-refractivity contribution in [1.29, 1.82) is 0 Å². The van der Waals surface area contributed by atoms with Crippen LogP contribution in [0, 0.1) is 6.92 Å². The summed E-state index contributed by atoms with van der Waals surface area (Å²) in [5.41, 5.74) is 2.03. The molecule has 0 aromatic carbocycles. The van der Waals surface area contributed by atoms with Crippen molar-refractivity contribution >= 4 is 11.6 Å². The van der Waals surface area contributed by atoms with Gasteiger partial charge in [-0.2, -0.15) is 10.2 Å². The van der Waals surface area contributed by atoms with Crippen molar-refractivity contribution in [2.75, 3.05) is 5.32 Å². The van der Waals surface area contributed by atoms with Crippen LogP contribution in [0.4, 0.5) is 5.69 Å². The van der Waals surface area contributed by atoms with E-state index in [1.165, 1.54) is 0 Å². The van der Waals surface area contributed by atoms with Gasteiger partial charge in [0.05, 0.1) is 17.6 Å². The summed E-state index contributed by atoms with van der Waals surface area (Å²) in [6.45, 7) is 4.48. The van der Waals surface area contributed by atoms with E-state index in [1.807, 2.05) is 13.8 Å². The lowest BCUT2D eigenvalue weighted by Crippen LogP contribution is -2.16. The van der Waals surface area contributed by atoms with Crippen molar-refractivity contribution in [3.05, 3.63) is 29.8 Å². The van der Waals surface area contributed by atoms with Crippen LogP contribution in [0.25, 0.3) is 0 Å². The number of rotatable bonds is 3. The first-order valence-electron chi connectivity index (χ1n) is 5.05. The second kappa shape index (κ2) is 4.18.